The maximum Gasteiger partial charge on any atom is 0.284 e. The third-order valence-corrected chi connectivity index (χ3v) is 3.27. The Morgan fingerprint density at radius 2 is 1.00 bits per heavy atom. The summed E-state index contributed by atoms with van der Waals surface area (Å²) in [6, 6.07) is 19.2. The summed E-state index contributed by atoms with van der Waals surface area (Å²) in [6.07, 6.45) is 0. The van der Waals surface area contributed by atoms with E-state index < -0.39 is 0 Å². The minimum absolute atomic E-state index is 0.300. The summed E-state index contributed by atoms with van der Waals surface area (Å²) in [5.41, 5.74) is 1.84. The van der Waals surface area contributed by atoms with E-state index in [0.717, 1.165) is 11.1 Å². The number of H-pyrrole nitrogens is 2. The van der Waals surface area contributed by atoms with Crippen molar-refractivity contribution in [2.75, 3.05) is 0 Å². The van der Waals surface area contributed by atoms with Crippen molar-refractivity contribution in [3.8, 4) is 22.9 Å². The number of nitrogens with zero attached hydrogens (tertiary/aromatic N) is 2. The molecule has 0 bridgehead atoms. The molecule has 8 heteroatoms. The molecular formula is C16H12N4O2S2. The van der Waals surface area contributed by atoms with Gasteiger partial charge >= 0.3 is 0 Å². The van der Waals surface area contributed by atoms with Crippen LogP contribution < -0.4 is 0 Å². The van der Waals surface area contributed by atoms with Crippen LogP contribution in [-0.2, 0) is 0 Å². The average Bonchev–Trinajstić information content (AvgIpc) is 3.26. The smallest absolute Gasteiger partial charge is 0.284 e. The van der Waals surface area contributed by atoms with Crippen LogP contribution in [0.15, 0.2) is 69.5 Å². The van der Waals surface area contributed by atoms with Crippen LogP contribution in [0.25, 0.3) is 22.9 Å². The molecule has 0 unspecified atom stereocenters. The molecule has 0 aliphatic heterocycles. The average molecular weight is 356 g/mol. The third kappa shape index (κ3) is 4.12. The molecule has 0 radical (unpaired) electrons. The Morgan fingerprint density at radius 1 is 0.625 bits per heavy atom. The second kappa shape index (κ2) is 7.62. The van der Waals surface area contributed by atoms with Gasteiger partial charge in [0.1, 0.15) is 0 Å². The lowest BCUT2D eigenvalue weighted by Crippen LogP contribution is -1.75. The van der Waals surface area contributed by atoms with E-state index in [1.165, 1.54) is 0 Å². The Balaban J connectivity index is 0.000000141. The van der Waals surface area contributed by atoms with Gasteiger partial charge in [0.15, 0.2) is 0 Å². The summed E-state index contributed by atoms with van der Waals surface area (Å²) in [5.74, 6) is 1.06. The van der Waals surface area contributed by atoms with Gasteiger partial charge in [0.2, 0.25) is 11.8 Å². The van der Waals surface area contributed by atoms with Crippen LogP contribution in [0.4, 0.5) is 0 Å². The first kappa shape index (κ1) is 16.0. The Hall–Kier alpha value is -2.84. The third-order valence-electron chi connectivity index (χ3n) is 2.92. The van der Waals surface area contributed by atoms with E-state index in [2.05, 4.69) is 20.4 Å². The molecule has 0 saturated carbocycles. The van der Waals surface area contributed by atoms with Gasteiger partial charge < -0.3 is 8.83 Å². The van der Waals surface area contributed by atoms with Crippen LogP contribution >= 0.6 is 24.4 Å². The van der Waals surface area contributed by atoms with Crippen molar-refractivity contribution in [1.82, 2.24) is 20.4 Å². The first-order valence-electron chi connectivity index (χ1n) is 6.94. The van der Waals surface area contributed by atoms with Gasteiger partial charge in [-0.3, -0.25) is 0 Å². The number of hydrogen-bond donors (Lipinski definition) is 2. The maximum atomic E-state index is 5.12. The van der Waals surface area contributed by atoms with Crippen molar-refractivity contribution in [3.05, 3.63) is 70.3 Å². The van der Waals surface area contributed by atoms with Crippen molar-refractivity contribution in [2.45, 2.75) is 0 Å². The monoisotopic (exact) mass is 356 g/mol. The molecule has 0 saturated heterocycles. The summed E-state index contributed by atoms with van der Waals surface area (Å²) in [6.45, 7) is 0. The second-order valence-corrected chi connectivity index (χ2v) is 5.31. The van der Waals surface area contributed by atoms with Crippen LogP contribution in [0.5, 0.6) is 0 Å². The van der Waals surface area contributed by atoms with Crippen molar-refractivity contribution in [2.24, 2.45) is 0 Å². The normalized spacial score (nSPS) is 10.0. The second-order valence-electron chi connectivity index (χ2n) is 4.57. The van der Waals surface area contributed by atoms with Crippen LogP contribution in [0, 0.1) is 9.67 Å². The Morgan fingerprint density at radius 3 is 1.29 bits per heavy atom. The molecule has 0 amide bonds. The molecule has 2 heterocycles. The number of aromatic nitrogens is 4. The quantitative estimate of drug-likeness (QED) is 0.502. The lowest BCUT2D eigenvalue weighted by Gasteiger charge is -1.89. The fourth-order valence-corrected chi connectivity index (χ4v) is 2.12. The lowest BCUT2D eigenvalue weighted by atomic mass is 10.2. The molecule has 0 aliphatic carbocycles. The van der Waals surface area contributed by atoms with E-state index in [9.17, 15) is 0 Å². The summed E-state index contributed by atoms with van der Waals surface area (Å²) < 4.78 is 10.2. The highest BCUT2D eigenvalue weighted by Gasteiger charge is 2.01. The Kier molecular flexibility index (Phi) is 5.09. The zero-order chi connectivity index (χ0) is 16.8. The van der Waals surface area contributed by atoms with Gasteiger partial charge in [0, 0.05) is 11.1 Å². The van der Waals surface area contributed by atoms with Gasteiger partial charge in [-0.25, -0.2) is 10.2 Å². The first-order valence-corrected chi connectivity index (χ1v) is 7.76. The first-order chi connectivity index (χ1) is 11.7. The molecule has 0 aliphatic rings. The molecule has 120 valence electrons. The molecular weight excluding hydrogens is 344 g/mol. The standard InChI is InChI=1S/2C8H6N2OS/c2*12-8-10-9-7(11-8)6-4-2-1-3-5-6/h2*1-5H,(H,10,12). The Bertz CT molecular complexity index is 920. The number of hydrogen-bond acceptors (Lipinski definition) is 6. The molecule has 0 spiro atoms. The fraction of sp³-hybridized carbons (Fsp3) is 0. The topological polar surface area (TPSA) is 83.6 Å². The van der Waals surface area contributed by atoms with Crippen LogP contribution in [0.3, 0.4) is 0 Å². The van der Waals surface area contributed by atoms with E-state index in [-0.39, 0.29) is 0 Å². The molecule has 2 aromatic heterocycles. The maximum absolute atomic E-state index is 5.12. The minimum Gasteiger partial charge on any atom is -0.409 e. The molecule has 0 atom stereocenters. The summed E-state index contributed by atoms with van der Waals surface area (Å²) in [4.78, 5) is 0.600. The number of nitrogens with one attached hydrogen (secondary N) is 2. The van der Waals surface area contributed by atoms with Crippen molar-refractivity contribution in [3.63, 3.8) is 0 Å². The van der Waals surface area contributed by atoms with Gasteiger partial charge in [-0.2, -0.15) is 0 Å². The molecule has 2 N–H and O–H groups in total. The van der Waals surface area contributed by atoms with E-state index >= 15 is 0 Å². The van der Waals surface area contributed by atoms with E-state index in [4.69, 9.17) is 33.3 Å². The SMILES string of the molecule is S=c1[nH]nc(-c2ccccc2)o1.S=c1[nH]nc(-c2ccccc2)o1. The van der Waals surface area contributed by atoms with Gasteiger partial charge in [0.25, 0.3) is 9.67 Å². The minimum atomic E-state index is 0.300. The predicted octanol–water partition coefficient (Wildman–Crippen LogP) is 4.80. The van der Waals surface area contributed by atoms with Gasteiger partial charge in [0.05, 0.1) is 0 Å². The Labute approximate surface area is 147 Å². The zero-order valence-electron chi connectivity index (χ0n) is 12.3. The van der Waals surface area contributed by atoms with Gasteiger partial charge in [-0.15, -0.1) is 10.2 Å². The summed E-state index contributed by atoms with van der Waals surface area (Å²) in [5, 5.41) is 12.9. The molecule has 2 aromatic carbocycles. The predicted molar refractivity (Wildman–Crippen MR) is 94.2 cm³/mol. The van der Waals surface area contributed by atoms with Crippen LogP contribution in [0.2, 0.25) is 0 Å². The van der Waals surface area contributed by atoms with Gasteiger partial charge in [-0.1, -0.05) is 36.4 Å². The molecule has 0 fully saturated rings. The largest absolute Gasteiger partial charge is 0.409 e. The highest BCUT2D eigenvalue weighted by atomic mass is 32.1. The summed E-state index contributed by atoms with van der Waals surface area (Å²) in [7, 11) is 0. The highest BCUT2D eigenvalue weighted by Crippen LogP contribution is 2.15. The number of benzene rings is 2. The lowest BCUT2D eigenvalue weighted by molar-refractivity contribution is 0.551. The van der Waals surface area contributed by atoms with Gasteiger partial charge in [-0.05, 0) is 48.7 Å². The molecule has 24 heavy (non-hydrogen) atoms. The molecule has 4 aromatic rings. The fourth-order valence-electron chi connectivity index (χ4n) is 1.87. The molecule has 6 nitrogen and oxygen atoms in total. The number of aromatic amines is 2. The van der Waals surface area contributed by atoms with Crippen molar-refractivity contribution < 1.29 is 8.83 Å². The van der Waals surface area contributed by atoms with Crippen molar-refractivity contribution in [1.29, 1.82) is 0 Å². The van der Waals surface area contributed by atoms with Crippen LogP contribution in [0.1, 0.15) is 0 Å². The molecule has 4 rings (SSSR count). The summed E-state index contributed by atoms with van der Waals surface area (Å²) >= 11 is 9.50. The van der Waals surface area contributed by atoms with E-state index in [1.54, 1.807) is 0 Å². The van der Waals surface area contributed by atoms with E-state index in [0.29, 0.717) is 21.5 Å². The van der Waals surface area contributed by atoms with E-state index in [1.807, 2.05) is 60.7 Å². The van der Waals surface area contributed by atoms with Crippen molar-refractivity contribution >= 4 is 24.4 Å². The zero-order valence-corrected chi connectivity index (χ0v) is 13.9. The number of rotatable bonds is 2. The van der Waals surface area contributed by atoms with Crippen LogP contribution in [-0.4, -0.2) is 20.4 Å². The highest BCUT2D eigenvalue weighted by molar-refractivity contribution is 7.71.